The fourth-order valence-electron chi connectivity index (χ4n) is 2.48. The van der Waals surface area contributed by atoms with E-state index in [1.54, 1.807) is 12.1 Å². The van der Waals surface area contributed by atoms with Crippen molar-refractivity contribution in [2.24, 2.45) is 0 Å². The van der Waals surface area contributed by atoms with E-state index in [1.807, 2.05) is 18.2 Å². The summed E-state index contributed by atoms with van der Waals surface area (Å²) in [5.74, 6) is -0.714. The predicted octanol–water partition coefficient (Wildman–Crippen LogP) is -1.04. The zero-order valence-corrected chi connectivity index (χ0v) is 12.1. The molecule has 2 rings (SSSR count). The van der Waals surface area contributed by atoms with Crippen molar-refractivity contribution in [3.8, 4) is 0 Å². The molecule has 0 saturated heterocycles. The Hall–Kier alpha value is -1.51. The van der Waals surface area contributed by atoms with Gasteiger partial charge in [0.25, 0.3) is 0 Å². The van der Waals surface area contributed by atoms with Crippen molar-refractivity contribution in [3.05, 3.63) is 35.9 Å². The van der Waals surface area contributed by atoms with E-state index >= 15 is 0 Å². The second-order valence-electron chi connectivity index (χ2n) is 5.30. The van der Waals surface area contributed by atoms with Gasteiger partial charge in [0.15, 0.2) is 6.10 Å². The van der Waals surface area contributed by atoms with Crippen LogP contribution in [0.1, 0.15) is 12.5 Å². The maximum absolute atomic E-state index is 11.0. The molecule has 0 radical (unpaired) electrons. The second-order valence-corrected chi connectivity index (χ2v) is 5.30. The van der Waals surface area contributed by atoms with Gasteiger partial charge in [-0.2, -0.15) is 0 Å². The number of aliphatic hydroxyl groups excluding tert-OH is 4. The first-order valence-corrected chi connectivity index (χ1v) is 6.97. The third-order valence-corrected chi connectivity index (χ3v) is 3.63. The summed E-state index contributed by atoms with van der Waals surface area (Å²) in [6.07, 6.45) is -8.69. The summed E-state index contributed by atoms with van der Waals surface area (Å²) in [5.41, 5.74) is 0.812. The minimum Gasteiger partial charge on any atom is -0.457 e. The molecule has 1 aromatic carbocycles. The number of benzene rings is 1. The number of ether oxygens (including phenoxy) is 2. The van der Waals surface area contributed by atoms with Crippen molar-refractivity contribution < 1.29 is 34.7 Å². The number of carbonyl (C=O) groups is 1. The SMILES string of the molecule is CC(=O)O[C@H]1[C@H](O)[C@@H](OCc2ccccc2)[C@H](O)[C@@H](O)[C@@H]1O. The largest absolute Gasteiger partial charge is 0.457 e. The summed E-state index contributed by atoms with van der Waals surface area (Å²) in [4.78, 5) is 11.0. The summed E-state index contributed by atoms with van der Waals surface area (Å²) < 4.78 is 10.3. The number of esters is 1. The van der Waals surface area contributed by atoms with E-state index in [2.05, 4.69) is 0 Å². The summed E-state index contributed by atoms with van der Waals surface area (Å²) in [6, 6.07) is 9.07. The molecule has 6 atom stereocenters. The van der Waals surface area contributed by atoms with Crippen LogP contribution >= 0.6 is 0 Å². The highest BCUT2D eigenvalue weighted by Gasteiger charge is 2.51. The minimum absolute atomic E-state index is 0.0925. The highest BCUT2D eigenvalue weighted by molar-refractivity contribution is 5.66. The van der Waals surface area contributed by atoms with Crippen LogP contribution in [-0.4, -0.2) is 63.0 Å². The highest BCUT2D eigenvalue weighted by atomic mass is 16.6. The Morgan fingerprint density at radius 2 is 1.55 bits per heavy atom. The molecule has 1 aromatic rings. The van der Waals surface area contributed by atoms with Gasteiger partial charge >= 0.3 is 5.97 Å². The second kappa shape index (κ2) is 7.17. The van der Waals surface area contributed by atoms with Gasteiger partial charge in [0.2, 0.25) is 0 Å². The van der Waals surface area contributed by atoms with Crippen LogP contribution in [0.2, 0.25) is 0 Å². The molecule has 0 spiro atoms. The number of hydrogen-bond donors (Lipinski definition) is 4. The van der Waals surface area contributed by atoms with Crippen molar-refractivity contribution in [3.63, 3.8) is 0 Å². The molecule has 1 aliphatic carbocycles. The van der Waals surface area contributed by atoms with Gasteiger partial charge in [-0.3, -0.25) is 4.79 Å². The molecule has 0 bridgehead atoms. The Bertz CT molecular complexity index is 492. The molecule has 0 aromatic heterocycles. The monoisotopic (exact) mass is 312 g/mol. The fraction of sp³-hybridized carbons (Fsp3) is 0.533. The molecule has 0 heterocycles. The molecule has 22 heavy (non-hydrogen) atoms. The topological polar surface area (TPSA) is 116 Å². The zero-order chi connectivity index (χ0) is 16.3. The molecule has 7 nitrogen and oxygen atoms in total. The van der Waals surface area contributed by atoms with Crippen LogP contribution in [0.5, 0.6) is 0 Å². The van der Waals surface area contributed by atoms with Crippen LogP contribution in [0, 0.1) is 0 Å². The molecule has 1 fully saturated rings. The third-order valence-electron chi connectivity index (χ3n) is 3.63. The van der Waals surface area contributed by atoms with Gasteiger partial charge in [-0.05, 0) is 5.56 Å². The van der Waals surface area contributed by atoms with E-state index in [-0.39, 0.29) is 6.61 Å². The van der Waals surface area contributed by atoms with Crippen LogP contribution in [0.3, 0.4) is 0 Å². The number of hydrogen-bond acceptors (Lipinski definition) is 7. The lowest BCUT2D eigenvalue weighted by molar-refractivity contribution is -0.244. The van der Waals surface area contributed by atoms with Gasteiger partial charge < -0.3 is 29.9 Å². The van der Waals surface area contributed by atoms with Crippen LogP contribution in [0.15, 0.2) is 30.3 Å². The minimum atomic E-state index is -1.59. The maximum atomic E-state index is 11.0. The van der Waals surface area contributed by atoms with Crippen LogP contribution < -0.4 is 0 Å². The molecule has 0 unspecified atom stereocenters. The van der Waals surface area contributed by atoms with Gasteiger partial charge in [-0.1, -0.05) is 30.3 Å². The molecule has 122 valence electrons. The smallest absolute Gasteiger partial charge is 0.303 e. The van der Waals surface area contributed by atoms with Crippen LogP contribution in [0.25, 0.3) is 0 Å². The number of rotatable bonds is 4. The summed E-state index contributed by atoms with van der Waals surface area (Å²) in [5, 5.41) is 39.8. The first kappa shape index (κ1) is 16.9. The van der Waals surface area contributed by atoms with Crippen molar-refractivity contribution >= 4 is 5.97 Å². The maximum Gasteiger partial charge on any atom is 0.303 e. The summed E-state index contributed by atoms with van der Waals surface area (Å²) in [6.45, 7) is 1.21. The number of aliphatic hydroxyl groups is 4. The molecular formula is C15H20O7. The van der Waals surface area contributed by atoms with E-state index in [4.69, 9.17) is 9.47 Å². The van der Waals surface area contributed by atoms with E-state index in [0.717, 1.165) is 12.5 Å². The molecule has 1 saturated carbocycles. The Balaban J connectivity index is 2.09. The van der Waals surface area contributed by atoms with Gasteiger partial charge in [-0.15, -0.1) is 0 Å². The van der Waals surface area contributed by atoms with Gasteiger partial charge in [0.1, 0.15) is 30.5 Å². The van der Waals surface area contributed by atoms with E-state index < -0.39 is 42.6 Å². The average Bonchev–Trinajstić information content (AvgIpc) is 2.50. The molecule has 0 aliphatic heterocycles. The van der Waals surface area contributed by atoms with Crippen LogP contribution in [-0.2, 0) is 20.9 Å². The van der Waals surface area contributed by atoms with Gasteiger partial charge in [0, 0.05) is 6.92 Å². The lowest BCUT2D eigenvalue weighted by Gasteiger charge is -2.42. The van der Waals surface area contributed by atoms with Gasteiger partial charge in [-0.25, -0.2) is 0 Å². The first-order chi connectivity index (χ1) is 10.4. The summed E-state index contributed by atoms with van der Waals surface area (Å²) in [7, 11) is 0. The fourth-order valence-corrected chi connectivity index (χ4v) is 2.48. The highest BCUT2D eigenvalue weighted by Crippen LogP contribution is 2.27. The number of carbonyl (C=O) groups excluding carboxylic acids is 1. The van der Waals surface area contributed by atoms with Crippen molar-refractivity contribution in [1.82, 2.24) is 0 Å². The normalized spacial score (nSPS) is 35.1. The Morgan fingerprint density at radius 3 is 2.14 bits per heavy atom. The average molecular weight is 312 g/mol. The van der Waals surface area contributed by atoms with E-state index in [1.165, 1.54) is 0 Å². The van der Waals surface area contributed by atoms with Crippen molar-refractivity contribution in [2.75, 3.05) is 0 Å². The molecule has 1 aliphatic rings. The standard InChI is InChI=1S/C15H20O7/c1-8(16)22-15-12(19)10(17)11(18)14(13(15)20)21-7-9-5-3-2-4-6-9/h2-6,10-15,17-20H,7H2,1H3/t10-,11-,12+,13-,14+,15-/m1/s1. The Morgan fingerprint density at radius 1 is 0.955 bits per heavy atom. The van der Waals surface area contributed by atoms with Crippen molar-refractivity contribution in [2.45, 2.75) is 50.2 Å². The van der Waals surface area contributed by atoms with Crippen LogP contribution in [0.4, 0.5) is 0 Å². The Labute approximate surface area is 127 Å². The van der Waals surface area contributed by atoms with Gasteiger partial charge in [0.05, 0.1) is 6.61 Å². The van der Waals surface area contributed by atoms with E-state index in [0.29, 0.717) is 0 Å². The lowest BCUT2D eigenvalue weighted by Crippen LogP contribution is -2.65. The summed E-state index contributed by atoms with van der Waals surface area (Å²) >= 11 is 0. The van der Waals surface area contributed by atoms with E-state index in [9.17, 15) is 25.2 Å². The molecule has 4 N–H and O–H groups in total. The predicted molar refractivity (Wildman–Crippen MR) is 74.6 cm³/mol. The molecule has 7 heteroatoms. The zero-order valence-electron chi connectivity index (χ0n) is 12.1. The third kappa shape index (κ3) is 3.63. The quantitative estimate of drug-likeness (QED) is 0.525. The molecular weight excluding hydrogens is 292 g/mol. The van der Waals surface area contributed by atoms with Crippen molar-refractivity contribution in [1.29, 1.82) is 0 Å². The first-order valence-electron chi connectivity index (χ1n) is 6.97. The lowest BCUT2D eigenvalue weighted by atomic mass is 9.84. The Kier molecular flexibility index (Phi) is 5.49. The molecule has 0 amide bonds.